The molecule has 5 nitrogen and oxygen atoms in total. The number of rotatable bonds is 7. The predicted octanol–water partition coefficient (Wildman–Crippen LogP) is 5.14. The van der Waals surface area contributed by atoms with Crippen molar-refractivity contribution in [2.24, 2.45) is 5.92 Å². The lowest BCUT2D eigenvalue weighted by Crippen LogP contribution is -2.30. The number of methoxy groups -OCH3 is 1. The molecule has 30 heavy (non-hydrogen) atoms. The Hall–Kier alpha value is -2.56. The van der Waals surface area contributed by atoms with Gasteiger partial charge in [0, 0.05) is 29.9 Å². The van der Waals surface area contributed by atoms with Gasteiger partial charge in [-0.3, -0.25) is 0 Å². The molecular formula is C25H32N4O. The minimum Gasteiger partial charge on any atom is -0.497 e. The summed E-state index contributed by atoms with van der Waals surface area (Å²) in [5.74, 6) is 3.04. The number of aryl methyl sites for hydroxylation is 3. The monoisotopic (exact) mass is 404 g/mol. The molecule has 2 aliphatic rings. The molecule has 2 heterocycles. The van der Waals surface area contributed by atoms with E-state index >= 15 is 0 Å². The molecule has 0 amide bonds. The summed E-state index contributed by atoms with van der Waals surface area (Å²) in [6.07, 6.45) is 7.27. The Morgan fingerprint density at radius 2 is 2.03 bits per heavy atom. The average molecular weight is 405 g/mol. The van der Waals surface area contributed by atoms with Crippen LogP contribution in [-0.2, 0) is 12.8 Å². The first-order valence-corrected chi connectivity index (χ1v) is 11.4. The molecule has 0 atom stereocenters. The van der Waals surface area contributed by atoms with Gasteiger partial charge >= 0.3 is 0 Å². The van der Waals surface area contributed by atoms with Crippen LogP contribution < -0.4 is 9.64 Å². The smallest absolute Gasteiger partial charge is 0.165 e. The van der Waals surface area contributed by atoms with Gasteiger partial charge in [-0.15, -0.1) is 0 Å². The molecule has 158 valence electrons. The Labute approximate surface area is 179 Å². The second-order valence-corrected chi connectivity index (χ2v) is 8.98. The van der Waals surface area contributed by atoms with E-state index in [1.54, 1.807) is 7.11 Å². The van der Waals surface area contributed by atoms with Gasteiger partial charge in [0.15, 0.2) is 5.65 Å². The number of nitrogens with zero attached hydrogens (tertiary/aromatic N) is 4. The number of hydrogen-bond acceptors (Lipinski definition) is 4. The minimum atomic E-state index is 0.844. The fraction of sp³-hybridized carbons (Fsp3) is 0.520. The summed E-state index contributed by atoms with van der Waals surface area (Å²) in [5.41, 5.74) is 8.31. The van der Waals surface area contributed by atoms with Gasteiger partial charge in [0.25, 0.3) is 0 Å². The van der Waals surface area contributed by atoms with Gasteiger partial charge in [0.05, 0.1) is 12.8 Å². The molecule has 5 rings (SSSR count). The molecule has 2 aliphatic carbocycles. The van der Waals surface area contributed by atoms with Crippen molar-refractivity contribution in [3.63, 3.8) is 0 Å². The third-order valence-electron chi connectivity index (χ3n) is 6.61. The van der Waals surface area contributed by atoms with Crippen LogP contribution in [0, 0.1) is 19.8 Å². The van der Waals surface area contributed by atoms with Gasteiger partial charge in [-0.25, -0.2) is 4.98 Å². The highest BCUT2D eigenvalue weighted by atomic mass is 16.5. The summed E-state index contributed by atoms with van der Waals surface area (Å²) in [6, 6.07) is 6.29. The summed E-state index contributed by atoms with van der Waals surface area (Å²) in [5, 5.41) is 5.06. The van der Waals surface area contributed by atoms with E-state index in [0.29, 0.717) is 0 Å². The van der Waals surface area contributed by atoms with Gasteiger partial charge in [-0.2, -0.15) is 9.61 Å². The Balaban J connectivity index is 1.73. The second-order valence-electron chi connectivity index (χ2n) is 8.98. The van der Waals surface area contributed by atoms with E-state index in [4.69, 9.17) is 14.8 Å². The number of aromatic nitrogens is 3. The summed E-state index contributed by atoms with van der Waals surface area (Å²) >= 11 is 0. The van der Waals surface area contributed by atoms with Crippen molar-refractivity contribution in [3.8, 4) is 16.9 Å². The van der Waals surface area contributed by atoms with E-state index in [-0.39, 0.29) is 0 Å². The lowest BCUT2D eigenvalue weighted by Gasteiger charge is -2.27. The normalized spacial score (nSPS) is 15.6. The highest BCUT2D eigenvalue weighted by Gasteiger charge is 2.30. The van der Waals surface area contributed by atoms with Crippen molar-refractivity contribution in [1.82, 2.24) is 14.6 Å². The highest BCUT2D eigenvalue weighted by Crippen LogP contribution is 2.39. The quantitative estimate of drug-likeness (QED) is 0.547. The zero-order valence-corrected chi connectivity index (χ0v) is 18.7. The molecule has 3 aromatic rings. The lowest BCUT2D eigenvalue weighted by molar-refractivity contribution is 0.414. The first-order valence-electron chi connectivity index (χ1n) is 11.4. The first kappa shape index (κ1) is 19.4. The third-order valence-corrected chi connectivity index (χ3v) is 6.61. The molecule has 1 fully saturated rings. The standard InChI is InChI=1S/C25H32N4O/c1-5-13-28(15-18-9-10-18)25-21-7-6-8-22(21)26-24-23(17(3)27-29(24)25)20-12-11-19(30-4)14-16(20)2/h11-12,14,18H,5-10,13,15H2,1-4H3. The molecule has 0 bridgehead atoms. The van der Waals surface area contributed by atoms with E-state index < -0.39 is 0 Å². The van der Waals surface area contributed by atoms with Crippen molar-refractivity contribution in [1.29, 1.82) is 0 Å². The average Bonchev–Trinajstić information content (AvgIpc) is 3.32. The van der Waals surface area contributed by atoms with E-state index in [9.17, 15) is 0 Å². The molecule has 0 radical (unpaired) electrons. The lowest BCUT2D eigenvalue weighted by atomic mass is 10.0. The van der Waals surface area contributed by atoms with Crippen LogP contribution in [0.1, 0.15) is 55.1 Å². The van der Waals surface area contributed by atoms with E-state index in [1.165, 1.54) is 47.5 Å². The van der Waals surface area contributed by atoms with Crippen LogP contribution >= 0.6 is 0 Å². The van der Waals surface area contributed by atoms with E-state index in [0.717, 1.165) is 60.9 Å². The van der Waals surface area contributed by atoms with Crippen molar-refractivity contribution < 1.29 is 4.74 Å². The molecule has 0 unspecified atom stereocenters. The molecule has 2 aromatic heterocycles. The molecule has 0 saturated heterocycles. The SMILES string of the molecule is CCCN(CC1CC1)c1c2c(nc3c(-c4ccc(OC)cc4C)c(C)nn13)CCC2. The largest absolute Gasteiger partial charge is 0.497 e. The molecule has 0 spiro atoms. The maximum atomic E-state index is 5.42. The number of ether oxygens (including phenoxy) is 1. The summed E-state index contributed by atoms with van der Waals surface area (Å²) < 4.78 is 7.59. The van der Waals surface area contributed by atoms with Crippen molar-refractivity contribution >= 4 is 11.5 Å². The van der Waals surface area contributed by atoms with E-state index in [2.05, 4.69) is 42.3 Å². The van der Waals surface area contributed by atoms with Crippen LogP contribution in [0.2, 0.25) is 0 Å². The Morgan fingerprint density at radius 3 is 2.73 bits per heavy atom. The van der Waals surface area contributed by atoms with Crippen molar-refractivity contribution in [2.75, 3.05) is 25.1 Å². The zero-order valence-electron chi connectivity index (χ0n) is 18.7. The topological polar surface area (TPSA) is 42.7 Å². The third kappa shape index (κ3) is 3.24. The van der Waals surface area contributed by atoms with Gasteiger partial charge in [-0.1, -0.05) is 13.0 Å². The minimum absolute atomic E-state index is 0.844. The van der Waals surface area contributed by atoms with Crippen LogP contribution in [0.4, 0.5) is 5.82 Å². The molecule has 0 N–H and O–H groups in total. The molecule has 0 aliphatic heterocycles. The molecular weight excluding hydrogens is 372 g/mol. The maximum absolute atomic E-state index is 5.42. The first-order chi connectivity index (χ1) is 14.6. The molecule has 5 heteroatoms. The van der Waals surface area contributed by atoms with Gasteiger partial charge in [0.2, 0.25) is 0 Å². The van der Waals surface area contributed by atoms with Gasteiger partial charge in [-0.05, 0) is 81.5 Å². The van der Waals surface area contributed by atoms with E-state index in [1.807, 2.05) is 6.07 Å². The Kier molecular flexibility index (Phi) is 4.92. The number of fused-ring (bicyclic) bond motifs is 2. The highest BCUT2D eigenvalue weighted by molar-refractivity contribution is 5.83. The van der Waals surface area contributed by atoms with Gasteiger partial charge < -0.3 is 9.64 Å². The number of benzene rings is 1. The van der Waals surface area contributed by atoms with Crippen LogP contribution in [0.5, 0.6) is 5.75 Å². The Morgan fingerprint density at radius 1 is 1.20 bits per heavy atom. The summed E-state index contributed by atoms with van der Waals surface area (Å²) in [6.45, 7) is 8.77. The fourth-order valence-electron chi connectivity index (χ4n) is 4.96. The van der Waals surface area contributed by atoms with Crippen LogP contribution in [-0.4, -0.2) is 34.8 Å². The maximum Gasteiger partial charge on any atom is 0.165 e. The van der Waals surface area contributed by atoms with Gasteiger partial charge in [0.1, 0.15) is 11.6 Å². The van der Waals surface area contributed by atoms with Crippen molar-refractivity contribution in [3.05, 3.63) is 40.7 Å². The number of hydrogen-bond donors (Lipinski definition) is 0. The second kappa shape index (κ2) is 7.60. The van der Waals surface area contributed by atoms with Crippen LogP contribution in [0.3, 0.4) is 0 Å². The summed E-state index contributed by atoms with van der Waals surface area (Å²) in [4.78, 5) is 7.78. The number of anilines is 1. The van der Waals surface area contributed by atoms with Crippen molar-refractivity contribution in [2.45, 2.75) is 59.3 Å². The van der Waals surface area contributed by atoms with Crippen LogP contribution in [0.15, 0.2) is 18.2 Å². The zero-order chi connectivity index (χ0) is 20.8. The fourth-order valence-corrected chi connectivity index (χ4v) is 4.96. The predicted molar refractivity (Wildman–Crippen MR) is 122 cm³/mol. The summed E-state index contributed by atoms with van der Waals surface area (Å²) in [7, 11) is 1.72. The van der Waals surface area contributed by atoms with Crippen LogP contribution in [0.25, 0.3) is 16.8 Å². The Bertz CT molecular complexity index is 1100. The molecule has 1 aromatic carbocycles. The molecule has 1 saturated carbocycles.